The molecule has 0 aromatic heterocycles. The lowest BCUT2D eigenvalue weighted by atomic mass is 10.0. The predicted octanol–water partition coefficient (Wildman–Crippen LogP) is 4.44. The Kier molecular flexibility index (Phi) is 5.78. The molecule has 0 radical (unpaired) electrons. The number of rotatable bonds is 5. The Morgan fingerprint density at radius 1 is 1.09 bits per heavy atom. The Morgan fingerprint density at radius 3 is 2.27 bits per heavy atom. The fourth-order valence-corrected chi connectivity index (χ4v) is 2.48. The van der Waals surface area contributed by atoms with Gasteiger partial charge in [0.2, 0.25) is 0 Å². The third-order valence-corrected chi connectivity index (χ3v) is 3.76. The predicted molar refractivity (Wildman–Crippen MR) is 96.6 cm³/mol. The summed E-state index contributed by atoms with van der Waals surface area (Å²) in [4.78, 5) is 0. The van der Waals surface area contributed by atoms with Crippen molar-refractivity contribution < 1.29 is 4.74 Å². The Morgan fingerprint density at radius 2 is 1.73 bits per heavy atom. The summed E-state index contributed by atoms with van der Waals surface area (Å²) in [5, 5.41) is 7.22. The van der Waals surface area contributed by atoms with Crippen molar-refractivity contribution in [2.75, 3.05) is 12.4 Å². The van der Waals surface area contributed by atoms with Crippen LogP contribution in [0.4, 0.5) is 5.69 Å². The van der Waals surface area contributed by atoms with Crippen LogP contribution in [0.2, 0.25) is 0 Å². The van der Waals surface area contributed by atoms with Crippen LogP contribution in [-0.4, -0.2) is 12.2 Å². The number of aryl methyl sites for hydroxylation is 1. The second-order valence-corrected chi connectivity index (χ2v) is 5.61. The highest BCUT2D eigenvalue weighted by atomic mass is 32.1. The van der Waals surface area contributed by atoms with Crippen LogP contribution in [0.5, 0.6) is 5.75 Å². The average Bonchev–Trinajstić information content (AvgIpc) is 2.55. The summed E-state index contributed by atoms with van der Waals surface area (Å²) in [7, 11) is 1.67. The molecule has 1 atom stereocenters. The summed E-state index contributed by atoms with van der Waals surface area (Å²) >= 11 is 5.41. The molecule has 2 aromatic carbocycles. The van der Waals surface area contributed by atoms with E-state index in [2.05, 4.69) is 48.7 Å². The molecule has 0 fully saturated rings. The van der Waals surface area contributed by atoms with Crippen LogP contribution < -0.4 is 15.4 Å². The molecule has 2 aromatic rings. The molecule has 1 unspecified atom stereocenters. The van der Waals surface area contributed by atoms with E-state index in [0.29, 0.717) is 5.11 Å². The summed E-state index contributed by atoms with van der Waals surface area (Å²) in [6.07, 6.45) is 0.946. The van der Waals surface area contributed by atoms with Gasteiger partial charge < -0.3 is 15.4 Å². The largest absolute Gasteiger partial charge is 0.497 e. The van der Waals surface area contributed by atoms with Crippen LogP contribution in [0.1, 0.15) is 30.5 Å². The molecule has 0 saturated carbocycles. The molecular weight excluding hydrogens is 292 g/mol. The number of hydrogen-bond acceptors (Lipinski definition) is 2. The van der Waals surface area contributed by atoms with Crippen LogP contribution >= 0.6 is 12.2 Å². The summed E-state index contributed by atoms with van der Waals surface area (Å²) in [5.41, 5.74) is 3.41. The highest BCUT2D eigenvalue weighted by Crippen LogP contribution is 2.20. The van der Waals surface area contributed by atoms with Crippen LogP contribution in [0.3, 0.4) is 0 Å². The summed E-state index contributed by atoms with van der Waals surface area (Å²) < 4.78 is 5.19. The van der Waals surface area contributed by atoms with Crippen molar-refractivity contribution in [3.05, 3.63) is 59.7 Å². The first-order valence-electron chi connectivity index (χ1n) is 7.40. The topological polar surface area (TPSA) is 33.3 Å². The van der Waals surface area contributed by atoms with E-state index in [1.54, 1.807) is 7.11 Å². The minimum absolute atomic E-state index is 0.177. The molecule has 116 valence electrons. The van der Waals surface area contributed by atoms with Gasteiger partial charge in [-0.1, -0.05) is 36.8 Å². The fraction of sp³-hybridized carbons (Fsp3) is 0.278. The van der Waals surface area contributed by atoms with Crippen molar-refractivity contribution in [2.24, 2.45) is 0 Å². The van der Waals surface area contributed by atoms with Gasteiger partial charge in [0.15, 0.2) is 5.11 Å². The van der Waals surface area contributed by atoms with Gasteiger partial charge in [-0.05, 0) is 55.4 Å². The Labute approximate surface area is 137 Å². The molecule has 0 aliphatic heterocycles. The Bertz CT molecular complexity index is 608. The van der Waals surface area contributed by atoms with Crippen molar-refractivity contribution in [1.29, 1.82) is 0 Å². The fourth-order valence-electron chi connectivity index (χ4n) is 2.22. The molecule has 0 bridgehead atoms. The molecule has 22 heavy (non-hydrogen) atoms. The molecule has 4 heteroatoms. The van der Waals surface area contributed by atoms with Crippen LogP contribution in [-0.2, 0) is 0 Å². The van der Waals surface area contributed by atoms with Crippen LogP contribution in [0.25, 0.3) is 0 Å². The second kappa shape index (κ2) is 7.80. The maximum atomic E-state index is 5.41. The van der Waals surface area contributed by atoms with E-state index in [1.807, 2.05) is 24.3 Å². The van der Waals surface area contributed by atoms with Crippen molar-refractivity contribution in [2.45, 2.75) is 26.3 Å². The zero-order valence-electron chi connectivity index (χ0n) is 13.2. The molecule has 0 aliphatic rings. The molecular formula is C18H22N2OS. The lowest BCUT2D eigenvalue weighted by Gasteiger charge is -2.20. The standard InChI is InChI=1S/C18H22N2OS/c1-4-17(14-7-11-16(21-3)12-8-14)20-18(22)19-15-9-5-13(2)6-10-15/h5-12,17H,4H2,1-3H3,(H2,19,20,22). The molecule has 3 nitrogen and oxygen atoms in total. The van der Waals surface area contributed by atoms with Gasteiger partial charge in [-0.2, -0.15) is 0 Å². The van der Waals surface area contributed by atoms with Gasteiger partial charge in [0.25, 0.3) is 0 Å². The van der Waals surface area contributed by atoms with Gasteiger partial charge in [-0.3, -0.25) is 0 Å². The second-order valence-electron chi connectivity index (χ2n) is 5.20. The van der Waals surface area contributed by atoms with Crippen molar-refractivity contribution in [3.8, 4) is 5.75 Å². The molecule has 0 aliphatic carbocycles. The van der Waals surface area contributed by atoms with Crippen molar-refractivity contribution in [1.82, 2.24) is 5.32 Å². The Hall–Kier alpha value is -2.07. The lowest BCUT2D eigenvalue weighted by Crippen LogP contribution is -2.32. The number of nitrogens with one attached hydrogen (secondary N) is 2. The number of methoxy groups -OCH3 is 1. The molecule has 0 heterocycles. The van der Waals surface area contributed by atoms with Gasteiger partial charge >= 0.3 is 0 Å². The number of thiocarbonyl (C=S) groups is 1. The third-order valence-electron chi connectivity index (χ3n) is 3.54. The van der Waals surface area contributed by atoms with E-state index >= 15 is 0 Å². The first kappa shape index (κ1) is 16.3. The average molecular weight is 314 g/mol. The van der Waals surface area contributed by atoms with Crippen molar-refractivity contribution >= 4 is 23.0 Å². The van der Waals surface area contributed by atoms with Crippen LogP contribution in [0, 0.1) is 6.92 Å². The smallest absolute Gasteiger partial charge is 0.171 e. The van der Waals surface area contributed by atoms with Crippen molar-refractivity contribution in [3.63, 3.8) is 0 Å². The number of benzene rings is 2. The van der Waals surface area contributed by atoms with E-state index in [9.17, 15) is 0 Å². The van der Waals surface area contributed by atoms with Gasteiger partial charge in [0.05, 0.1) is 13.2 Å². The van der Waals surface area contributed by atoms with Gasteiger partial charge in [-0.25, -0.2) is 0 Å². The highest BCUT2D eigenvalue weighted by molar-refractivity contribution is 7.80. The normalized spacial score (nSPS) is 11.6. The minimum Gasteiger partial charge on any atom is -0.497 e. The van der Waals surface area contributed by atoms with Gasteiger partial charge in [0.1, 0.15) is 5.75 Å². The molecule has 0 saturated heterocycles. The van der Waals surface area contributed by atoms with E-state index in [1.165, 1.54) is 11.1 Å². The van der Waals surface area contributed by atoms with Gasteiger partial charge in [-0.15, -0.1) is 0 Å². The zero-order chi connectivity index (χ0) is 15.9. The SMILES string of the molecule is CCC(NC(=S)Nc1ccc(C)cc1)c1ccc(OC)cc1. The Balaban J connectivity index is 1.99. The van der Waals surface area contributed by atoms with E-state index in [-0.39, 0.29) is 6.04 Å². The highest BCUT2D eigenvalue weighted by Gasteiger charge is 2.10. The van der Waals surface area contributed by atoms with E-state index in [4.69, 9.17) is 17.0 Å². The molecule has 0 amide bonds. The third kappa shape index (κ3) is 4.46. The maximum Gasteiger partial charge on any atom is 0.171 e. The summed E-state index contributed by atoms with van der Waals surface area (Å²) in [6, 6.07) is 16.4. The summed E-state index contributed by atoms with van der Waals surface area (Å²) in [6.45, 7) is 4.20. The lowest BCUT2D eigenvalue weighted by molar-refractivity contribution is 0.414. The molecule has 2 N–H and O–H groups in total. The number of hydrogen-bond donors (Lipinski definition) is 2. The monoisotopic (exact) mass is 314 g/mol. The van der Waals surface area contributed by atoms with Gasteiger partial charge in [0, 0.05) is 5.69 Å². The van der Waals surface area contributed by atoms with E-state index < -0.39 is 0 Å². The summed E-state index contributed by atoms with van der Waals surface area (Å²) in [5.74, 6) is 0.860. The number of ether oxygens (including phenoxy) is 1. The first-order valence-corrected chi connectivity index (χ1v) is 7.81. The zero-order valence-corrected chi connectivity index (χ0v) is 14.0. The molecule has 0 spiro atoms. The van der Waals surface area contributed by atoms with E-state index in [0.717, 1.165) is 17.9 Å². The first-order chi connectivity index (χ1) is 10.6. The molecule has 2 rings (SSSR count). The number of anilines is 1. The quantitative estimate of drug-likeness (QED) is 0.799. The minimum atomic E-state index is 0.177. The van der Waals surface area contributed by atoms with Crippen LogP contribution in [0.15, 0.2) is 48.5 Å². The maximum absolute atomic E-state index is 5.41.